The Balaban J connectivity index is 1.64. The number of carbonyl (C=O) groups excluding carboxylic acids is 1. The summed E-state index contributed by atoms with van der Waals surface area (Å²) in [6.07, 6.45) is 0.457. The topological polar surface area (TPSA) is 89.3 Å². The van der Waals surface area contributed by atoms with Gasteiger partial charge in [0.25, 0.3) is 5.56 Å². The number of sulfone groups is 1. The Kier molecular flexibility index (Phi) is 5.66. The minimum atomic E-state index is -3.07. The molecule has 0 radical (unpaired) electrons. The maximum atomic E-state index is 13.2. The summed E-state index contributed by atoms with van der Waals surface area (Å²) in [7, 11) is -1.44. The second-order valence-electron chi connectivity index (χ2n) is 7.24. The molecule has 7 nitrogen and oxygen atoms in total. The number of benzene rings is 2. The van der Waals surface area contributed by atoms with E-state index >= 15 is 0 Å². The summed E-state index contributed by atoms with van der Waals surface area (Å²) in [5.41, 5.74) is 1.04. The highest BCUT2D eigenvalue weighted by Crippen LogP contribution is 2.23. The van der Waals surface area contributed by atoms with Gasteiger partial charge in [-0.3, -0.25) is 14.2 Å². The first-order valence-electron chi connectivity index (χ1n) is 9.52. The van der Waals surface area contributed by atoms with Gasteiger partial charge < -0.3 is 4.90 Å². The number of para-hydroxylation sites is 2. The molecular weight excluding hydrogens is 422 g/mol. The lowest BCUT2D eigenvalue weighted by molar-refractivity contribution is -0.128. The van der Waals surface area contributed by atoms with Crippen LogP contribution < -0.4 is 5.56 Å². The Morgan fingerprint density at radius 1 is 1.17 bits per heavy atom. The minimum Gasteiger partial charge on any atom is -0.341 e. The molecule has 1 aliphatic rings. The third-order valence-electron chi connectivity index (χ3n) is 5.23. The molecule has 2 aromatic carbocycles. The summed E-state index contributed by atoms with van der Waals surface area (Å²) < 4.78 is 25.0. The molecule has 0 saturated carbocycles. The van der Waals surface area contributed by atoms with Crippen LogP contribution in [-0.4, -0.2) is 59.1 Å². The van der Waals surface area contributed by atoms with E-state index in [1.807, 2.05) is 36.4 Å². The number of nitrogens with zero attached hydrogens (tertiary/aromatic N) is 3. The van der Waals surface area contributed by atoms with Crippen LogP contribution in [0.3, 0.4) is 0 Å². The molecule has 1 aliphatic heterocycles. The summed E-state index contributed by atoms with van der Waals surface area (Å²) >= 11 is 1.18. The van der Waals surface area contributed by atoms with Gasteiger partial charge in [0.05, 0.1) is 33.8 Å². The van der Waals surface area contributed by atoms with Crippen molar-refractivity contribution in [2.75, 3.05) is 24.3 Å². The van der Waals surface area contributed by atoms with Crippen molar-refractivity contribution in [3.8, 4) is 5.69 Å². The quantitative estimate of drug-likeness (QED) is 0.443. The largest absolute Gasteiger partial charge is 0.341 e. The van der Waals surface area contributed by atoms with Gasteiger partial charge in [-0.25, -0.2) is 13.4 Å². The van der Waals surface area contributed by atoms with Crippen molar-refractivity contribution in [1.29, 1.82) is 0 Å². The Hall–Kier alpha value is -2.65. The number of rotatable bonds is 5. The first-order chi connectivity index (χ1) is 14.4. The van der Waals surface area contributed by atoms with Crippen LogP contribution in [0, 0.1) is 0 Å². The van der Waals surface area contributed by atoms with Crippen LogP contribution in [0.2, 0.25) is 0 Å². The summed E-state index contributed by atoms with van der Waals surface area (Å²) in [6.45, 7) is 0. The van der Waals surface area contributed by atoms with Gasteiger partial charge in [-0.15, -0.1) is 0 Å². The second kappa shape index (κ2) is 8.23. The lowest BCUT2D eigenvalue weighted by Gasteiger charge is -2.23. The molecule has 1 fully saturated rings. The number of carbonyl (C=O) groups is 1. The van der Waals surface area contributed by atoms with Crippen molar-refractivity contribution < 1.29 is 13.2 Å². The van der Waals surface area contributed by atoms with Crippen LogP contribution in [0.15, 0.2) is 64.5 Å². The van der Waals surface area contributed by atoms with Crippen LogP contribution in [0.25, 0.3) is 16.6 Å². The average Bonchev–Trinajstić information content (AvgIpc) is 3.12. The molecule has 1 saturated heterocycles. The fourth-order valence-electron chi connectivity index (χ4n) is 3.53. The Morgan fingerprint density at radius 3 is 2.57 bits per heavy atom. The average molecular weight is 444 g/mol. The van der Waals surface area contributed by atoms with Crippen LogP contribution >= 0.6 is 11.8 Å². The van der Waals surface area contributed by atoms with E-state index in [0.29, 0.717) is 28.2 Å². The number of thioether (sulfide) groups is 1. The molecule has 0 bridgehead atoms. The fourth-order valence-corrected chi connectivity index (χ4v) is 6.24. The predicted molar refractivity (Wildman–Crippen MR) is 118 cm³/mol. The zero-order valence-corrected chi connectivity index (χ0v) is 18.0. The number of aromatic nitrogens is 2. The molecule has 1 unspecified atom stereocenters. The highest BCUT2D eigenvalue weighted by molar-refractivity contribution is 7.99. The molecule has 3 aromatic rings. The first-order valence-corrected chi connectivity index (χ1v) is 12.3. The van der Waals surface area contributed by atoms with E-state index in [-0.39, 0.29) is 34.8 Å². The third-order valence-corrected chi connectivity index (χ3v) is 7.91. The maximum Gasteiger partial charge on any atom is 0.266 e. The lowest BCUT2D eigenvalue weighted by Crippen LogP contribution is -2.39. The van der Waals surface area contributed by atoms with Crippen molar-refractivity contribution >= 4 is 38.4 Å². The first kappa shape index (κ1) is 20.6. The molecule has 156 valence electrons. The molecule has 0 spiro atoms. The molecule has 1 atom stereocenters. The number of hydrogen-bond donors (Lipinski definition) is 0. The predicted octanol–water partition coefficient (Wildman–Crippen LogP) is 2.12. The van der Waals surface area contributed by atoms with E-state index in [1.165, 1.54) is 21.2 Å². The SMILES string of the molecule is CN(C(=O)CSc1nc2ccccc2c(=O)n1-c1ccccc1)C1CCS(=O)(=O)C1. The van der Waals surface area contributed by atoms with E-state index in [1.54, 1.807) is 25.2 Å². The third kappa shape index (κ3) is 4.13. The van der Waals surface area contributed by atoms with Gasteiger partial charge in [0.1, 0.15) is 0 Å². The minimum absolute atomic E-state index is 0.00283. The summed E-state index contributed by atoms with van der Waals surface area (Å²) in [6, 6.07) is 16.0. The number of amides is 1. The zero-order chi connectivity index (χ0) is 21.3. The molecule has 2 heterocycles. The smallest absolute Gasteiger partial charge is 0.266 e. The molecule has 1 amide bonds. The molecule has 1 aromatic heterocycles. The van der Waals surface area contributed by atoms with Gasteiger partial charge in [0.15, 0.2) is 15.0 Å². The van der Waals surface area contributed by atoms with Crippen molar-refractivity contribution in [3.63, 3.8) is 0 Å². The highest BCUT2D eigenvalue weighted by Gasteiger charge is 2.32. The zero-order valence-electron chi connectivity index (χ0n) is 16.4. The van der Waals surface area contributed by atoms with E-state index in [2.05, 4.69) is 4.98 Å². The van der Waals surface area contributed by atoms with E-state index in [4.69, 9.17) is 0 Å². The Morgan fingerprint density at radius 2 is 1.87 bits per heavy atom. The van der Waals surface area contributed by atoms with Crippen LogP contribution in [-0.2, 0) is 14.6 Å². The second-order valence-corrected chi connectivity index (χ2v) is 10.4. The standard InChI is InChI=1S/C21H21N3O4S2/c1-23(16-11-12-30(27,28)14-16)19(25)13-29-21-22-18-10-6-5-9-17(18)20(26)24(21)15-7-3-2-4-8-15/h2-10,16H,11-14H2,1H3. The van der Waals surface area contributed by atoms with E-state index < -0.39 is 9.84 Å². The Bertz CT molecular complexity index is 1260. The van der Waals surface area contributed by atoms with Gasteiger partial charge in [-0.05, 0) is 30.7 Å². The summed E-state index contributed by atoms with van der Waals surface area (Å²) in [4.78, 5) is 32.0. The highest BCUT2D eigenvalue weighted by atomic mass is 32.2. The van der Waals surface area contributed by atoms with Gasteiger partial charge in [-0.1, -0.05) is 42.1 Å². The normalized spacial score (nSPS) is 17.8. The molecule has 4 rings (SSSR count). The van der Waals surface area contributed by atoms with Crippen molar-refractivity contribution in [3.05, 3.63) is 65.0 Å². The van der Waals surface area contributed by atoms with Crippen molar-refractivity contribution in [2.24, 2.45) is 0 Å². The van der Waals surface area contributed by atoms with Gasteiger partial charge in [-0.2, -0.15) is 0 Å². The van der Waals surface area contributed by atoms with E-state index in [0.717, 1.165) is 0 Å². The van der Waals surface area contributed by atoms with Gasteiger partial charge in [0, 0.05) is 13.1 Å². The summed E-state index contributed by atoms with van der Waals surface area (Å²) in [5, 5.41) is 0.927. The van der Waals surface area contributed by atoms with Crippen molar-refractivity contribution in [1.82, 2.24) is 14.5 Å². The molecule has 30 heavy (non-hydrogen) atoms. The van der Waals surface area contributed by atoms with Crippen LogP contribution in [0.4, 0.5) is 0 Å². The van der Waals surface area contributed by atoms with Crippen LogP contribution in [0.5, 0.6) is 0 Å². The lowest BCUT2D eigenvalue weighted by atomic mass is 10.2. The van der Waals surface area contributed by atoms with Gasteiger partial charge in [0.2, 0.25) is 5.91 Å². The fraction of sp³-hybridized carbons (Fsp3) is 0.286. The Labute approximate surface area is 178 Å². The number of fused-ring (bicyclic) bond motifs is 1. The van der Waals surface area contributed by atoms with E-state index in [9.17, 15) is 18.0 Å². The molecule has 0 aliphatic carbocycles. The van der Waals surface area contributed by atoms with Crippen molar-refractivity contribution in [2.45, 2.75) is 17.6 Å². The summed E-state index contributed by atoms with van der Waals surface area (Å²) in [5.74, 6) is -0.0143. The monoisotopic (exact) mass is 443 g/mol. The maximum absolute atomic E-state index is 13.2. The van der Waals surface area contributed by atoms with Gasteiger partial charge >= 0.3 is 0 Å². The van der Waals surface area contributed by atoms with Crippen LogP contribution in [0.1, 0.15) is 6.42 Å². The molecule has 0 N–H and O–H groups in total. The number of hydrogen-bond acceptors (Lipinski definition) is 6. The molecular formula is C21H21N3O4S2. The molecule has 9 heteroatoms.